The summed E-state index contributed by atoms with van der Waals surface area (Å²) in [4.78, 5) is 16.7. The lowest BCUT2D eigenvalue weighted by atomic mass is 10.2. The second-order valence-corrected chi connectivity index (χ2v) is 6.56. The van der Waals surface area contributed by atoms with E-state index in [1.165, 1.54) is 0 Å². The number of carbonyl (C=O) groups is 1. The van der Waals surface area contributed by atoms with Gasteiger partial charge in [0.25, 0.3) is 0 Å². The van der Waals surface area contributed by atoms with Gasteiger partial charge < -0.3 is 9.73 Å². The Kier molecular flexibility index (Phi) is 5.02. The Balaban J connectivity index is 1.74. The number of nitrogens with zero attached hydrogens (tertiary/aromatic N) is 1. The molecule has 0 spiro atoms. The summed E-state index contributed by atoms with van der Waals surface area (Å²) in [6.07, 6.45) is 0.120. The van der Waals surface area contributed by atoms with E-state index in [-0.39, 0.29) is 12.3 Å². The zero-order valence-electron chi connectivity index (χ0n) is 12.8. The van der Waals surface area contributed by atoms with Crippen LogP contribution in [0, 0.1) is 6.92 Å². The van der Waals surface area contributed by atoms with Crippen molar-refractivity contribution in [3.05, 3.63) is 69.5 Å². The van der Waals surface area contributed by atoms with Gasteiger partial charge in [-0.25, -0.2) is 4.98 Å². The summed E-state index contributed by atoms with van der Waals surface area (Å²) in [6, 6.07) is 14.9. The van der Waals surface area contributed by atoms with Crippen LogP contribution >= 0.6 is 27.5 Å². The van der Waals surface area contributed by atoms with Gasteiger partial charge in [-0.2, -0.15) is 0 Å². The van der Waals surface area contributed by atoms with Crippen LogP contribution in [0.4, 0.5) is 5.69 Å². The van der Waals surface area contributed by atoms with E-state index in [2.05, 4.69) is 26.2 Å². The van der Waals surface area contributed by atoms with E-state index < -0.39 is 0 Å². The van der Waals surface area contributed by atoms with Crippen LogP contribution in [0.15, 0.2) is 57.4 Å². The topological polar surface area (TPSA) is 55.1 Å². The van der Waals surface area contributed by atoms with Crippen LogP contribution in [0.2, 0.25) is 5.02 Å². The molecule has 122 valence electrons. The number of amides is 1. The van der Waals surface area contributed by atoms with E-state index in [9.17, 15) is 4.79 Å². The van der Waals surface area contributed by atoms with E-state index in [0.29, 0.717) is 28.1 Å². The molecule has 1 amide bonds. The van der Waals surface area contributed by atoms with Crippen molar-refractivity contribution in [2.45, 2.75) is 13.3 Å². The average Bonchev–Trinajstić information content (AvgIpc) is 2.92. The van der Waals surface area contributed by atoms with E-state index in [4.69, 9.17) is 16.0 Å². The highest BCUT2D eigenvalue weighted by molar-refractivity contribution is 9.10. The predicted octanol–water partition coefficient (Wildman–Crippen LogP) is 5.25. The molecule has 0 fully saturated rings. The minimum atomic E-state index is -0.199. The van der Waals surface area contributed by atoms with Crippen molar-refractivity contribution < 1.29 is 9.21 Å². The lowest BCUT2D eigenvalue weighted by molar-refractivity contribution is -0.115. The molecule has 6 heteroatoms. The molecule has 0 unspecified atom stereocenters. The molecule has 0 saturated heterocycles. The Morgan fingerprint density at radius 1 is 1.25 bits per heavy atom. The summed E-state index contributed by atoms with van der Waals surface area (Å²) in [5, 5.41) is 3.26. The van der Waals surface area contributed by atoms with Gasteiger partial charge in [0.05, 0.1) is 22.8 Å². The largest absolute Gasteiger partial charge is 0.441 e. The lowest BCUT2D eigenvalue weighted by Crippen LogP contribution is -2.15. The van der Waals surface area contributed by atoms with Crippen LogP contribution < -0.4 is 5.32 Å². The minimum absolute atomic E-state index is 0.120. The van der Waals surface area contributed by atoms with Gasteiger partial charge in [-0.3, -0.25) is 4.79 Å². The fraction of sp³-hybridized carbons (Fsp3) is 0.111. The molecule has 2 aromatic carbocycles. The number of rotatable bonds is 4. The Morgan fingerprint density at radius 2 is 2.00 bits per heavy atom. The fourth-order valence-corrected chi connectivity index (χ4v) is 2.95. The predicted molar refractivity (Wildman–Crippen MR) is 98.2 cm³/mol. The monoisotopic (exact) mass is 404 g/mol. The van der Waals surface area contributed by atoms with Gasteiger partial charge in [0.1, 0.15) is 5.76 Å². The molecule has 3 aromatic rings. The number of aromatic nitrogens is 1. The molecule has 0 atom stereocenters. The number of anilines is 1. The maximum Gasteiger partial charge on any atom is 0.230 e. The van der Waals surface area contributed by atoms with Gasteiger partial charge in [0.15, 0.2) is 0 Å². The molecule has 1 heterocycles. The SMILES string of the molecule is Cc1oc(-c2ccccc2)nc1CC(=O)Nc1ccc(Br)cc1Cl. The van der Waals surface area contributed by atoms with Crippen molar-refractivity contribution in [3.8, 4) is 11.5 Å². The van der Waals surface area contributed by atoms with Crippen molar-refractivity contribution >= 4 is 39.1 Å². The Labute approximate surface area is 153 Å². The average molecular weight is 406 g/mol. The Bertz CT molecular complexity index is 878. The van der Waals surface area contributed by atoms with E-state index in [0.717, 1.165) is 10.0 Å². The molecule has 4 nitrogen and oxygen atoms in total. The highest BCUT2D eigenvalue weighted by Gasteiger charge is 2.15. The quantitative estimate of drug-likeness (QED) is 0.645. The van der Waals surface area contributed by atoms with Crippen molar-refractivity contribution in [1.82, 2.24) is 4.98 Å². The van der Waals surface area contributed by atoms with Gasteiger partial charge in [-0.1, -0.05) is 45.7 Å². The van der Waals surface area contributed by atoms with Crippen LogP contribution in [0.5, 0.6) is 0 Å². The molecule has 0 aliphatic heterocycles. The van der Waals surface area contributed by atoms with Crippen LogP contribution in [0.1, 0.15) is 11.5 Å². The van der Waals surface area contributed by atoms with Crippen molar-refractivity contribution in [3.63, 3.8) is 0 Å². The second kappa shape index (κ2) is 7.20. The molecular weight excluding hydrogens is 392 g/mol. The first-order chi connectivity index (χ1) is 11.5. The highest BCUT2D eigenvalue weighted by Crippen LogP contribution is 2.26. The minimum Gasteiger partial charge on any atom is -0.441 e. The number of halogens is 2. The van der Waals surface area contributed by atoms with Crippen molar-refractivity contribution in [2.24, 2.45) is 0 Å². The lowest BCUT2D eigenvalue weighted by Gasteiger charge is -2.06. The van der Waals surface area contributed by atoms with Crippen molar-refractivity contribution in [1.29, 1.82) is 0 Å². The summed E-state index contributed by atoms with van der Waals surface area (Å²) in [5.74, 6) is 0.943. The van der Waals surface area contributed by atoms with Crippen LogP contribution in [0.3, 0.4) is 0 Å². The summed E-state index contributed by atoms with van der Waals surface area (Å²) in [6.45, 7) is 1.80. The van der Waals surface area contributed by atoms with Crippen LogP contribution in [-0.4, -0.2) is 10.9 Å². The normalized spacial score (nSPS) is 10.6. The molecule has 0 bridgehead atoms. The summed E-state index contributed by atoms with van der Waals surface area (Å²) in [7, 11) is 0. The first-order valence-electron chi connectivity index (χ1n) is 7.29. The third kappa shape index (κ3) is 3.86. The number of aryl methyl sites for hydroxylation is 1. The van der Waals surface area contributed by atoms with Crippen LogP contribution in [-0.2, 0) is 11.2 Å². The third-order valence-electron chi connectivity index (χ3n) is 3.45. The number of carbonyl (C=O) groups excluding carboxylic acids is 1. The molecule has 3 rings (SSSR count). The maximum atomic E-state index is 12.3. The summed E-state index contributed by atoms with van der Waals surface area (Å²) >= 11 is 9.44. The molecule has 0 radical (unpaired) electrons. The number of oxazole rings is 1. The molecule has 24 heavy (non-hydrogen) atoms. The molecular formula is C18H14BrClN2O2. The number of hydrogen-bond acceptors (Lipinski definition) is 3. The number of hydrogen-bond donors (Lipinski definition) is 1. The molecule has 0 aliphatic carbocycles. The maximum absolute atomic E-state index is 12.3. The van der Waals surface area contributed by atoms with Crippen molar-refractivity contribution in [2.75, 3.05) is 5.32 Å². The van der Waals surface area contributed by atoms with E-state index in [1.54, 1.807) is 19.1 Å². The molecule has 0 saturated carbocycles. The Morgan fingerprint density at radius 3 is 2.71 bits per heavy atom. The summed E-state index contributed by atoms with van der Waals surface area (Å²) in [5.41, 5.74) is 2.05. The van der Waals surface area contributed by atoms with E-state index >= 15 is 0 Å². The van der Waals surface area contributed by atoms with E-state index in [1.807, 2.05) is 36.4 Å². The smallest absolute Gasteiger partial charge is 0.230 e. The number of nitrogens with one attached hydrogen (secondary N) is 1. The first-order valence-corrected chi connectivity index (χ1v) is 8.46. The first kappa shape index (κ1) is 16.7. The van der Waals surface area contributed by atoms with Gasteiger partial charge in [0, 0.05) is 10.0 Å². The highest BCUT2D eigenvalue weighted by atomic mass is 79.9. The fourth-order valence-electron chi connectivity index (χ4n) is 2.23. The summed E-state index contributed by atoms with van der Waals surface area (Å²) < 4.78 is 6.52. The van der Waals surface area contributed by atoms with Gasteiger partial charge >= 0.3 is 0 Å². The molecule has 1 aromatic heterocycles. The zero-order chi connectivity index (χ0) is 17.1. The van der Waals surface area contributed by atoms with Crippen LogP contribution in [0.25, 0.3) is 11.5 Å². The second-order valence-electron chi connectivity index (χ2n) is 5.24. The molecule has 0 aliphatic rings. The van der Waals surface area contributed by atoms with Gasteiger partial charge in [-0.05, 0) is 37.3 Å². The van der Waals surface area contributed by atoms with Gasteiger partial charge in [-0.15, -0.1) is 0 Å². The molecule has 1 N–H and O–H groups in total. The van der Waals surface area contributed by atoms with Gasteiger partial charge in [0.2, 0.25) is 11.8 Å². The third-order valence-corrected chi connectivity index (χ3v) is 4.25. The Hall–Kier alpha value is -2.11. The number of benzene rings is 2. The zero-order valence-corrected chi connectivity index (χ0v) is 15.2. The standard InChI is InChI=1S/C18H14BrClN2O2/c1-11-16(22-18(24-11)12-5-3-2-4-6-12)10-17(23)21-15-8-7-13(19)9-14(15)20/h2-9H,10H2,1H3,(H,21,23).